The molecule has 1 aliphatic carbocycles. The second kappa shape index (κ2) is 22.0. The molecule has 1 fully saturated rings. The van der Waals surface area contributed by atoms with Crippen LogP contribution in [0.25, 0.3) is 0 Å². The van der Waals surface area contributed by atoms with E-state index in [0.29, 0.717) is 5.92 Å². The van der Waals surface area contributed by atoms with Gasteiger partial charge in [-0.05, 0) is 156 Å². The Labute approximate surface area is 381 Å². The van der Waals surface area contributed by atoms with Crippen LogP contribution in [0.2, 0.25) is 0 Å². The lowest BCUT2D eigenvalue weighted by atomic mass is 9.85. The maximum absolute atomic E-state index is 13.7. The van der Waals surface area contributed by atoms with Crippen LogP contribution in [-0.2, 0) is 27.1 Å². The fraction of sp³-hybridized carbons (Fsp3) is 0.500. The van der Waals surface area contributed by atoms with E-state index in [0.717, 1.165) is 29.7 Å². The highest BCUT2D eigenvalue weighted by Gasteiger charge is 2.27. The molecule has 0 aliphatic heterocycles. The Morgan fingerprint density at radius 1 is 0.387 bits per heavy atom. The van der Waals surface area contributed by atoms with Gasteiger partial charge in [-0.25, -0.2) is 4.39 Å². The minimum atomic E-state index is -0.0140. The molecule has 62 heavy (non-hydrogen) atoms. The van der Waals surface area contributed by atoms with E-state index >= 15 is 0 Å². The van der Waals surface area contributed by atoms with Gasteiger partial charge in [-0.3, -0.25) is 0 Å². The predicted octanol–water partition coefficient (Wildman–Crippen LogP) is 17.8. The zero-order valence-electron chi connectivity index (χ0n) is 43.5. The Hall–Kier alpha value is -4.17. The van der Waals surface area contributed by atoms with Gasteiger partial charge in [0.2, 0.25) is 0 Å². The molecule has 0 N–H and O–H groups in total. The van der Waals surface area contributed by atoms with Gasteiger partial charge >= 0.3 is 0 Å². The summed E-state index contributed by atoms with van der Waals surface area (Å²) in [6, 6.07) is 34.3. The monoisotopic (exact) mass is 843 g/mol. The minimum absolute atomic E-state index is 0.0140. The van der Waals surface area contributed by atoms with Crippen molar-refractivity contribution in [3.63, 3.8) is 0 Å². The van der Waals surface area contributed by atoms with Crippen molar-refractivity contribution < 1.29 is 9.13 Å². The lowest BCUT2D eigenvalue weighted by molar-refractivity contribution is 0.412. The van der Waals surface area contributed by atoms with Crippen molar-refractivity contribution >= 4 is 0 Å². The summed E-state index contributed by atoms with van der Waals surface area (Å²) in [5.74, 6) is 1.44. The van der Waals surface area contributed by atoms with Crippen LogP contribution in [0.1, 0.15) is 189 Å². The van der Waals surface area contributed by atoms with Gasteiger partial charge in [-0.15, -0.1) is 0 Å². The number of benzene rings is 5. The van der Waals surface area contributed by atoms with Crippen LogP contribution in [0.4, 0.5) is 4.39 Å². The molecule has 340 valence electrons. The number of methoxy groups -OCH3 is 1. The second-order valence-electron chi connectivity index (χ2n) is 23.0. The highest BCUT2D eigenvalue weighted by molar-refractivity contribution is 5.38. The third kappa shape index (κ3) is 18.7. The molecule has 0 unspecified atom stereocenters. The number of hydrogen-bond donors (Lipinski definition) is 0. The number of ether oxygens (including phenoxy) is 1. The molecule has 0 amide bonds. The molecule has 1 nitrogen and oxygen atoms in total. The van der Waals surface area contributed by atoms with Gasteiger partial charge < -0.3 is 4.74 Å². The van der Waals surface area contributed by atoms with Gasteiger partial charge in [-0.2, -0.15) is 0 Å². The summed E-state index contributed by atoms with van der Waals surface area (Å²) in [4.78, 5) is 0. The maximum Gasteiger partial charge on any atom is 0.126 e. The zero-order valence-corrected chi connectivity index (χ0v) is 43.5. The van der Waals surface area contributed by atoms with Crippen molar-refractivity contribution in [2.75, 3.05) is 7.11 Å². The van der Waals surface area contributed by atoms with Crippen molar-refractivity contribution in [3.05, 3.63) is 170 Å². The first-order chi connectivity index (χ1) is 28.2. The van der Waals surface area contributed by atoms with Gasteiger partial charge in [0.25, 0.3) is 0 Å². The summed E-state index contributed by atoms with van der Waals surface area (Å²) in [5.41, 5.74) is 16.7. The summed E-state index contributed by atoms with van der Waals surface area (Å²) in [7, 11) is 1.71. The van der Waals surface area contributed by atoms with Gasteiger partial charge in [0.05, 0.1) is 7.11 Å². The molecule has 5 aromatic rings. The molecule has 2 heteroatoms. The third-order valence-corrected chi connectivity index (χ3v) is 11.4. The fourth-order valence-corrected chi connectivity index (χ4v) is 6.69. The van der Waals surface area contributed by atoms with E-state index in [9.17, 15) is 4.39 Å². The zero-order chi connectivity index (χ0) is 47.6. The van der Waals surface area contributed by atoms with Crippen molar-refractivity contribution in [3.8, 4) is 5.75 Å². The molecule has 6 rings (SSSR count). The Bertz CT molecular complexity index is 2120. The quantitative estimate of drug-likeness (QED) is 0.172. The second-order valence-corrected chi connectivity index (χ2v) is 23.0. The van der Waals surface area contributed by atoms with E-state index in [2.05, 4.69) is 230 Å². The first kappa shape index (κ1) is 54.0. The van der Waals surface area contributed by atoms with E-state index in [-0.39, 0.29) is 32.9 Å². The SMILES string of the molecule is CC(C)(C)c1ccc(C2CC2)c(F)c1.COc1cc(C)cc(C(C)(C)C)c1.Cc1cc(C)cc(C(C)(C)C)c1.Cc1ccc(C(C)(C)C)cc1.Cc1ccc(C(C)(C)C)cc1C. The number of hydrogen-bond acceptors (Lipinski definition) is 1. The summed E-state index contributed by atoms with van der Waals surface area (Å²) in [6.07, 6.45) is 2.32. The lowest BCUT2D eigenvalue weighted by Gasteiger charge is -2.20. The van der Waals surface area contributed by atoms with Crippen LogP contribution in [0.5, 0.6) is 5.75 Å². The first-order valence-corrected chi connectivity index (χ1v) is 22.9. The normalized spacial score (nSPS) is 12.9. The van der Waals surface area contributed by atoms with Gasteiger partial charge in [0, 0.05) is 0 Å². The van der Waals surface area contributed by atoms with Crippen molar-refractivity contribution in [2.45, 2.75) is 191 Å². The van der Waals surface area contributed by atoms with Crippen LogP contribution in [0, 0.1) is 47.4 Å². The molecular formula is C60H87FO. The van der Waals surface area contributed by atoms with Crippen molar-refractivity contribution in [1.29, 1.82) is 0 Å². The topological polar surface area (TPSA) is 9.23 Å². The number of aryl methyl sites for hydroxylation is 6. The van der Waals surface area contributed by atoms with Crippen LogP contribution >= 0.6 is 0 Å². The summed E-state index contributed by atoms with van der Waals surface area (Å²) < 4.78 is 18.9. The average molecular weight is 843 g/mol. The van der Waals surface area contributed by atoms with Crippen LogP contribution in [0.3, 0.4) is 0 Å². The molecule has 0 spiro atoms. The molecule has 0 bridgehead atoms. The fourth-order valence-electron chi connectivity index (χ4n) is 6.69. The molecular weight excluding hydrogens is 756 g/mol. The van der Waals surface area contributed by atoms with Gasteiger partial charge in [0.1, 0.15) is 11.6 Å². The summed E-state index contributed by atoms with van der Waals surface area (Å²) >= 11 is 0. The molecule has 1 saturated carbocycles. The Kier molecular flexibility index (Phi) is 19.1. The molecule has 0 heterocycles. The molecule has 0 atom stereocenters. The van der Waals surface area contributed by atoms with E-state index in [1.54, 1.807) is 13.2 Å². The number of rotatable bonds is 2. The summed E-state index contributed by atoms with van der Waals surface area (Å²) in [5, 5.41) is 0. The van der Waals surface area contributed by atoms with Crippen LogP contribution in [0.15, 0.2) is 97.1 Å². The van der Waals surface area contributed by atoms with Gasteiger partial charge in [0.15, 0.2) is 0 Å². The van der Waals surface area contributed by atoms with E-state index in [1.165, 1.54) is 55.6 Å². The van der Waals surface area contributed by atoms with E-state index in [4.69, 9.17) is 4.74 Å². The van der Waals surface area contributed by atoms with E-state index in [1.807, 2.05) is 6.07 Å². The van der Waals surface area contributed by atoms with Gasteiger partial charge in [-0.1, -0.05) is 199 Å². The minimum Gasteiger partial charge on any atom is -0.497 e. The average Bonchev–Trinajstić information content (AvgIpc) is 3.97. The largest absolute Gasteiger partial charge is 0.497 e. The Balaban J connectivity index is 0.000000267. The molecule has 5 aromatic carbocycles. The number of halogens is 1. The highest BCUT2D eigenvalue weighted by atomic mass is 19.1. The maximum atomic E-state index is 13.7. The van der Waals surface area contributed by atoms with Crippen LogP contribution in [-0.4, -0.2) is 7.11 Å². The lowest BCUT2D eigenvalue weighted by Crippen LogP contribution is -2.11. The molecule has 0 radical (unpaired) electrons. The predicted molar refractivity (Wildman–Crippen MR) is 273 cm³/mol. The Morgan fingerprint density at radius 2 is 0.774 bits per heavy atom. The van der Waals surface area contributed by atoms with Crippen LogP contribution < -0.4 is 4.74 Å². The first-order valence-electron chi connectivity index (χ1n) is 22.9. The third-order valence-electron chi connectivity index (χ3n) is 11.4. The molecule has 0 saturated heterocycles. The van der Waals surface area contributed by atoms with Crippen molar-refractivity contribution in [1.82, 2.24) is 0 Å². The molecule has 1 aliphatic rings. The van der Waals surface area contributed by atoms with Crippen molar-refractivity contribution in [2.24, 2.45) is 0 Å². The van der Waals surface area contributed by atoms with E-state index < -0.39 is 0 Å². The molecule has 0 aromatic heterocycles. The highest BCUT2D eigenvalue weighted by Crippen LogP contribution is 2.42. The smallest absolute Gasteiger partial charge is 0.126 e. The standard InChI is InChI=1S/C13H17F.C12H18O.2C12H18.C11H16/c1-13(2,3)10-6-7-11(9-4-5-9)12(14)8-10;1-9-6-10(12(2,3)4)8-11(7-9)13-5;1-9-6-10(2)8-11(7-9)12(3,4)5;1-9-6-7-11(8-10(9)2)12(3,4)5;1-9-5-7-10(8-6-9)11(2,3)4/h6-9H,4-5H2,1-3H3;6-8H,1-5H3;2*6-8H,1-5H3;5-8H,1-4H3. The summed E-state index contributed by atoms with van der Waals surface area (Å²) in [6.45, 7) is 46.0. The Morgan fingerprint density at radius 3 is 1.16 bits per heavy atom.